The lowest BCUT2D eigenvalue weighted by atomic mass is 9.87. The van der Waals surface area contributed by atoms with Crippen LogP contribution in [-0.2, 0) is 45.9 Å². The van der Waals surface area contributed by atoms with E-state index >= 15 is 8.42 Å². The second-order valence-electron chi connectivity index (χ2n) is 14.7. The Hall–Kier alpha value is -6.81. The lowest BCUT2D eigenvalue weighted by Crippen LogP contribution is -2.42. The molecule has 0 bridgehead atoms. The molecule has 0 spiro atoms. The molecule has 4 N–H and O–H groups in total. The fourth-order valence-corrected chi connectivity index (χ4v) is 7.20. The highest BCUT2D eigenvalue weighted by Gasteiger charge is 2.39. The monoisotopic (exact) mass is 955 g/mol. The van der Waals surface area contributed by atoms with Crippen molar-refractivity contribution in [2.75, 3.05) is 37.8 Å². The Labute approximate surface area is 384 Å². The number of aromatic nitrogens is 4. The lowest BCUT2D eigenvalue weighted by Gasteiger charge is -2.30. The Morgan fingerprint density at radius 2 is 1.37 bits per heavy atom. The van der Waals surface area contributed by atoms with E-state index in [1.807, 2.05) is 20.8 Å². The first-order valence-corrected chi connectivity index (χ1v) is 21.6. The first-order valence-electron chi connectivity index (χ1n) is 20.1. The van der Waals surface area contributed by atoms with E-state index < -0.39 is 70.0 Å². The van der Waals surface area contributed by atoms with Gasteiger partial charge in [0.05, 0.1) is 42.6 Å². The van der Waals surface area contributed by atoms with Gasteiger partial charge in [-0.15, -0.1) is 0 Å². The van der Waals surface area contributed by atoms with E-state index in [4.69, 9.17) is 54.0 Å². The summed E-state index contributed by atoms with van der Waals surface area (Å²) < 4.78 is 70.1. The van der Waals surface area contributed by atoms with Gasteiger partial charge in [-0.25, -0.2) is 42.1 Å². The smallest absolute Gasteiger partial charge is 0.493 e. The third-order valence-corrected chi connectivity index (χ3v) is 10.8. The maximum absolute atomic E-state index is 15.1. The first kappa shape index (κ1) is 51.2. The molecule has 0 aliphatic rings. The molecule has 0 radical (unpaired) electrons. The minimum atomic E-state index is -4.81. The molecule has 0 aliphatic carbocycles. The molecule has 360 valence electrons. The van der Waals surface area contributed by atoms with Crippen LogP contribution in [0.25, 0.3) is 11.6 Å². The predicted octanol–water partition coefficient (Wildman–Crippen LogP) is 6.63. The maximum atomic E-state index is 15.1. The van der Waals surface area contributed by atoms with Crippen LogP contribution in [0.15, 0.2) is 96.2 Å². The molecule has 5 aromatic rings. The van der Waals surface area contributed by atoms with E-state index in [-0.39, 0.29) is 71.9 Å². The fraction of sp³-hybridized carbons (Fsp3) is 0.333. The zero-order valence-corrected chi connectivity index (χ0v) is 37.6. The molecule has 0 aliphatic heterocycles. The molecule has 1 unspecified atom stereocenters. The molecule has 0 amide bonds. The van der Waals surface area contributed by atoms with Gasteiger partial charge < -0.3 is 33.2 Å². The van der Waals surface area contributed by atoms with Gasteiger partial charge in [0.25, 0.3) is 15.9 Å². The number of ether oxygens (including phenoxy) is 7. The average molecular weight is 956 g/mol. The summed E-state index contributed by atoms with van der Waals surface area (Å²) in [6.45, 7) is 5.71. The molecular formula is C42H49N7O17S. The van der Waals surface area contributed by atoms with Crippen LogP contribution >= 0.6 is 0 Å². The molecule has 0 saturated heterocycles. The SMILES string of the molecule is COc1ccccc1Oc1c(OCCOC(=O)Oc2ccc(CON(O)O)cc2)nc(-c2ncccn2)nc1N(C(C)OC(=O)OCCCCON(O)O)S(=O)(=O)c1ccc(C(C)(C)C)cc1. The van der Waals surface area contributed by atoms with Gasteiger partial charge in [0.2, 0.25) is 11.6 Å². The van der Waals surface area contributed by atoms with Crippen molar-refractivity contribution >= 4 is 28.2 Å². The Bertz CT molecular complexity index is 2480. The minimum Gasteiger partial charge on any atom is -0.493 e. The van der Waals surface area contributed by atoms with E-state index in [0.717, 1.165) is 5.56 Å². The van der Waals surface area contributed by atoms with Gasteiger partial charge in [0.1, 0.15) is 19.0 Å². The number of anilines is 1. The third kappa shape index (κ3) is 15.1. The van der Waals surface area contributed by atoms with E-state index in [1.54, 1.807) is 30.3 Å². The topological polar surface area (TPSA) is 294 Å². The third-order valence-electron chi connectivity index (χ3n) is 8.92. The minimum absolute atomic E-state index is 0.0419. The summed E-state index contributed by atoms with van der Waals surface area (Å²) in [5, 5.41) is 34.1. The Morgan fingerprint density at radius 3 is 2.01 bits per heavy atom. The number of sulfonamides is 1. The number of benzene rings is 3. The number of rotatable bonds is 23. The highest BCUT2D eigenvalue weighted by Crippen LogP contribution is 2.44. The van der Waals surface area contributed by atoms with Crippen molar-refractivity contribution in [2.45, 2.75) is 63.7 Å². The molecule has 24 nitrogen and oxygen atoms in total. The Balaban J connectivity index is 1.55. The molecule has 67 heavy (non-hydrogen) atoms. The van der Waals surface area contributed by atoms with Crippen LogP contribution in [0.4, 0.5) is 15.4 Å². The molecule has 0 saturated carbocycles. The van der Waals surface area contributed by atoms with Crippen LogP contribution in [0, 0.1) is 0 Å². The molecule has 25 heteroatoms. The van der Waals surface area contributed by atoms with Crippen molar-refractivity contribution in [1.29, 1.82) is 0 Å². The van der Waals surface area contributed by atoms with Crippen molar-refractivity contribution in [3.8, 4) is 40.5 Å². The zero-order chi connectivity index (χ0) is 48.6. The van der Waals surface area contributed by atoms with Crippen LogP contribution in [0.5, 0.6) is 28.9 Å². The fourth-order valence-electron chi connectivity index (χ4n) is 5.71. The van der Waals surface area contributed by atoms with Gasteiger partial charge >= 0.3 is 12.3 Å². The summed E-state index contributed by atoms with van der Waals surface area (Å²) in [4.78, 5) is 52.3. The van der Waals surface area contributed by atoms with Crippen LogP contribution in [0.1, 0.15) is 51.7 Å². The van der Waals surface area contributed by atoms with Crippen molar-refractivity contribution in [2.24, 2.45) is 0 Å². The summed E-state index contributed by atoms with van der Waals surface area (Å²) in [6.07, 6.45) is -0.922. The molecular weight excluding hydrogens is 907 g/mol. The van der Waals surface area contributed by atoms with Crippen molar-refractivity contribution in [3.05, 3.63) is 102 Å². The standard InChI is InChI=1S/C42H49N7O17S/c1-28(64-40(50)60-23-8-9-24-62-48(52)53)47(67(56,57)32-19-15-30(16-20-32)42(2,3)4)38-35(66-34-12-7-6-11-33(34)58-5)39(46-37(45-38)36-43-21-10-22-44-36)59-25-26-61-41(51)65-31-17-13-29(14-18-31)27-63-49(54)55/h6-7,10-22,28,52-55H,8-9,23-27H2,1-5H3. The number of hydrogen-bond acceptors (Lipinski definition) is 23. The van der Waals surface area contributed by atoms with Gasteiger partial charge in [-0.2, -0.15) is 4.98 Å². The predicted molar refractivity (Wildman–Crippen MR) is 228 cm³/mol. The number of carbonyl (C=O) groups excluding carboxylic acids is 2. The number of para-hydroxylation sites is 2. The number of nitrogens with zero attached hydrogens (tertiary/aromatic N) is 7. The molecule has 3 aromatic carbocycles. The second-order valence-corrected chi connectivity index (χ2v) is 16.5. The second kappa shape index (κ2) is 24.1. The highest BCUT2D eigenvalue weighted by molar-refractivity contribution is 7.92. The average Bonchev–Trinajstić information content (AvgIpc) is 3.29. The van der Waals surface area contributed by atoms with Crippen LogP contribution in [0.3, 0.4) is 0 Å². The molecule has 0 fully saturated rings. The summed E-state index contributed by atoms with van der Waals surface area (Å²) >= 11 is 0. The van der Waals surface area contributed by atoms with Crippen LogP contribution < -0.4 is 23.3 Å². The summed E-state index contributed by atoms with van der Waals surface area (Å²) in [5.41, 5.74) is 0.982. The van der Waals surface area contributed by atoms with Crippen LogP contribution in [0.2, 0.25) is 0 Å². The zero-order valence-electron chi connectivity index (χ0n) is 36.8. The van der Waals surface area contributed by atoms with E-state index in [2.05, 4.69) is 29.6 Å². The number of methoxy groups -OCH3 is 1. The molecule has 2 heterocycles. The Morgan fingerprint density at radius 1 is 0.731 bits per heavy atom. The number of carbonyl (C=O) groups is 2. The van der Waals surface area contributed by atoms with Gasteiger partial charge in [0, 0.05) is 12.4 Å². The first-order chi connectivity index (χ1) is 32.0. The molecule has 2 aromatic heterocycles. The van der Waals surface area contributed by atoms with E-state index in [0.29, 0.717) is 9.87 Å². The quantitative estimate of drug-likeness (QED) is 0.0176. The largest absolute Gasteiger partial charge is 0.513 e. The van der Waals surface area contributed by atoms with Gasteiger partial charge in [-0.05, 0) is 78.8 Å². The van der Waals surface area contributed by atoms with E-state index in [9.17, 15) is 9.59 Å². The van der Waals surface area contributed by atoms with Crippen molar-refractivity contribution < 1.29 is 81.7 Å². The summed E-state index contributed by atoms with van der Waals surface area (Å²) in [7, 11) is -3.42. The van der Waals surface area contributed by atoms with Crippen LogP contribution in [-0.4, -0.2) is 112 Å². The van der Waals surface area contributed by atoms with Gasteiger partial charge in [-0.3, -0.25) is 25.7 Å². The summed E-state index contributed by atoms with van der Waals surface area (Å²) in [6, 6.07) is 19.8. The van der Waals surface area contributed by atoms with Gasteiger partial charge in [0.15, 0.2) is 29.4 Å². The normalized spacial score (nSPS) is 12.0. The number of hydrogen-bond donors (Lipinski definition) is 4. The summed E-state index contributed by atoms with van der Waals surface area (Å²) in [5.74, 6) is -1.43. The number of unbranched alkanes of at least 4 members (excludes halogenated alkanes) is 1. The lowest BCUT2D eigenvalue weighted by molar-refractivity contribution is -0.497. The van der Waals surface area contributed by atoms with Gasteiger partial charge in [-0.1, -0.05) is 57.2 Å². The molecule has 1 atom stereocenters. The molecule has 5 rings (SSSR count). The van der Waals surface area contributed by atoms with Crippen molar-refractivity contribution in [3.63, 3.8) is 0 Å². The van der Waals surface area contributed by atoms with Crippen molar-refractivity contribution in [1.82, 2.24) is 30.7 Å². The van der Waals surface area contributed by atoms with E-state index in [1.165, 1.54) is 75.0 Å². The Kier molecular flexibility index (Phi) is 18.4. The maximum Gasteiger partial charge on any atom is 0.513 e. The highest BCUT2D eigenvalue weighted by atomic mass is 32.2.